The number of non-ortho nitro benzene ring substituents is 1. The fraction of sp³-hybridized carbons (Fsp3) is 0. The van der Waals surface area contributed by atoms with Gasteiger partial charge in [0.1, 0.15) is 27.0 Å². The average molecular weight is 1060 g/mol. The van der Waals surface area contributed by atoms with E-state index in [0.29, 0.717) is 24.3 Å². The van der Waals surface area contributed by atoms with E-state index in [0.717, 1.165) is 36.4 Å². The maximum atomic E-state index is 14.4. The van der Waals surface area contributed by atoms with E-state index < -0.39 is 116 Å². The van der Waals surface area contributed by atoms with Crippen LogP contribution in [0.25, 0.3) is 27.6 Å². The van der Waals surface area contributed by atoms with Gasteiger partial charge in [0.15, 0.2) is 5.71 Å². The van der Waals surface area contributed by atoms with E-state index in [-0.39, 0.29) is 50.0 Å². The first-order chi connectivity index (χ1) is 33.8. The van der Waals surface area contributed by atoms with Crippen LogP contribution in [0.5, 0.6) is 0 Å². The molecule has 2 aliphatic carbocycles. The molecule has 0 atom stereocenters. The maximum Gasteiger partial charge on any atom is 0.296 e. The molecule has 0 aliphatic heterocycles. The Morgan fingerprint density at radius 1 is 0.556 bits per heavy atom. The van der Waals surface area contributed by atoms with Crippen molar-refractivity contribution in [3.8, 4) is 0 Å². The fourth-order valence-electron chi connectivity index (χ4n) is 7.01. The number of ketones is 2. The van der Waals surface area contributed by atoms with Crippen LogP contribution in [0, 0.1) is 10.1 Å². The monoisotopic (exact) mass is 1060 g/mol. The molecule has 0 fully saturated rings. The van der Waals surface area contributed by atoms with Crippen molar-refractivity contribution in [3.63, 3.8) is 0 Å². The minimum Gasteiger partial charge on any atom is -0.505 e. The quantitative estimate of drug-likeness (QED) is 0.0194. The number of nitro benzene ring substituents is 1. The van der Waals surface area contributed by atoms with Crippen LogP contribution in [0.4, 0.5) is 34.1 Å². The standard InChI is InChI=1S/C42H27N9O17S4/c52-36-20-37(53)34(19-33(36)47-43-22-5-7-23(8-6-22)51(55)56)48-49-35-18-25(70(60,61)62)15-21-16-39(72(66,67)68)41(42(54)40(21)35)50-46-30-11-12-32(29-17-24(69(57,58)59)9-10-27(29)30)45-44-31-13-14-38(71(63,64)65)28-4-2-1-3-26(28)31/h1-20,43,46,53H,(H,57,58,59)(H,60,61,62)(H,63,64,65)(H,66,67,68)/b45-44?,47-33-,49-48?,50-41+. The Hall–Kier alpha value is -8.62. The molecular weight excluding hydrogens is 1030 g/mol. The van der Waals surface area contributed by atoms with E-state index in [2.05, 4.69) is 41.5 Å². The highest BCUT2D eigenvalue weighted by Gasteiger charge is 2.36. The summed E-state index contributed by atoms with van der Waals surface area (Å²) in [6.07, 6.45) is 2.21. The molecule has 30 heteroatoms. The predicted octanol–water partition coefficient (Wildman–Crippen LogP) is 7.41. The molecule has 0 radical (unpaired) electrons. The second-order valence-corrected chi connectivity index (χ2v) is 20.5. The molecule has 0 amide bonds. The summed E-state index contributed by atoms with van der Waals surface area (Å²) in [4.78, 5) is 34.2. The summed E-state index contributed by atoms with van der Waals surface area (Å²) in [5.74, 6) is -3.01. The first kappa shape index (κ1) is 49.8. The number of fused-ring (bicyclic) bond motifs is 3. The van der Waals surface area contributed by atoms with E-state index in [9.17, 15) is 76.7 Å². The highest BCUT2D eigenvalue weighted by atomic mass is 32.2. The number of anilines is 2. The minimum atomic E-state index is -5.42. The van der Waals surface area contributed by atoms with Crippen molar-refractivity contribution in [2.75, 3.05) is 10.9 Å². The molecular formula is C42H27N9O17S4. The molecule has 0 aromatic heterocycles. The maximum absolute atomic E-state index is 14.4. The molecule has 72 heavy (non-hydrogen) atoms. The first-order valence-corrected chi connectivity index (χ1v) is 25.4. The Labute approximate surface area is 404 Å². The predicted molar refractivity (Wildman–Crippen MR) is 255 cm³/mol. The second-order valence-electron chi connectivity index (χ2n) is 14.9. The molecule has 6 aromatic rings. The third kappa shape index (κ3) is 10.3. The molecule has 0 heterocycles. The van der Waals surface area contributed by atoms with Crippen molar-refractivity contribution >= 4 is 125 Å². The molecule has 8 rings (SSSR count). The van der Waals surface area contributed by atoms with E-state index in [1.165, 1.54) is 54.6 Å². The van der Waals surface area contributed by atoms with Crippen LogP contribution >= 0.6 is 0 Å². The minimum absolute atomic E-state index is 0.0426. The Morgan fingerprint density at radius 3 is 1.83 bits per heavy atom. The number of nitro groups is 1. The summed E-state index contributed by atoms with van der Waals surface area (Å²) < 4.78 is 139. The Morgan fingerprint density at radius 2 is 1.19 bits per heavy atom. The van der Waals surface area contributed by atoms with Crippen molar-refractivity contribution in [1.82, 2.24) is 0 Å². The first-order valence-electron chi connectivity index (χ1n) is 19.6. The van der Waals surface area contributed by atoms with Gasteiger partial charge in [0.2, 0.25) is 11.6 Å². The molecule has 26 nitrogen and oxygen atoms in total. The SMILES string of the molecule is O=C1C=C(O)C(N=Nc2cc(S(=O)(=O)O)cc3c2C(=O)/C(=N/Nc2ccc(N=Nc4ccc(S(=O)(=O)O)c5ccccc45)c4cc(S(=O)(=O)O)ccc24)C(S(=O)(=O)O)=C3)=C/C1=N/Nc1ccc([N+](=O)[O-])cc1. The number of aliphatic hydroxyl groups excluding tert-OH is 1. The number of allylic oxidation sites excluding steroid dienone is 3. The Balaban J connectivity index is 1.19. The van der Waals surface area contributed by atoms with Crippen molar-refractivity contribution in [1.29, 1.82) is 0 Å². The second kappa shape index (κ2) is 18.6. The molecule has 7 N–H and O–H groups in total. The number of hydrogen-bond acceptors (Lipinski definition) is 21. The summed E-state index contributed by atoms with van der Waals surface area (Å²) in [7, 11) is -20.1. The third-order valence-corrected chi connectivity index (χ3v) is 13.8. The largest absolute Gasteiger partial charge is 0.505 e. The van der Waals surface area contributed by atoms with Gasteiger partial charge in [0.25, 0.3) is 46.2 Å². The van der Waals surface area contributed by atoms with Crippen LogP contribution in [0.15, 0.2) is 177 Å². The van der Waals surface area contributed by atoms with E-state index >= 15 is 0 Å². The number of benzene rings is 6. The number of carbonyl (C=O) groups excluding carboxylic acids is 2. The number of rotatable bonds is 13. The lowest BCUT2D eigenvalue weighted by atomic mass is 9.93. The zero-order chi connectivity index (χ0) is 52.1. The number of nitrogens with zero attached hydrogens (tertiary/aromatic N) is 7. The Bertz CT molecular complexity index is 4110. The van der Waals surface area contributed by atoms with Gasteiger partial charge in [-0.25, -0.2) is 0 Å². The van der Waals surface area contributed by atoms with E-state index in [1.54, 1.807) is 6.07 Å². The van der Waals surface area contributed by atoms with E-state index in [1.807, 2.05) is 0 Å². The van der Waals surface area contributed by atoms with Gasteiger partial charge in [-0.3, -0.25) is 48.8 Å². The summed E-state index contributed by atoms with van der Waals surface area (Å²) in [5.41, 5.74) is 1.02. The number of azo groups is 2. The van der Waals surface area contributed by atoms with Crippen LogP contribution in [0.2, 0.25) is 0 Å². The van der Waals surface area contributed by atoms with Crippen molar-refractivity contribution < 1.29 is 71.5 Å². The van der Waals surface area contributed by atoms with Crippen LogP contribution in [-0.2, 0) is 45.3 Å². The van der Waals surface area contributed by atoms with Gasteiger partial charge in [-0.1, -0.05) is 30.3 Å². The fourth-order valence-corrected chi connectivity index (χ4v) is 9.40. The molecule has 0 spiro atoms. The van der Waals surface area contributed by atoms with Crippen molar-refractivity contribution in [2.45, 2.75) is 14.7 Å². The van der Waals surface area contributed by atoms with Crippen LogP contribution in [0.3, 0.4) is 0 Å². The summed E-state index contributed by atoms with van der Waals surface area (Å²) in [5, 5.41) is 45.9. The number of Topliss-reactive ketones (excluding diaryl/α,β-unsaturated/α-hetero) is 1. The lowest BCUT2D eigenvalue weighted by molar-refractivity contribution is -0.384. The third-order valence-electron chi connectivity index (χ3n) is 10.3. The van der Waals surface area contributed by atoms with Gasteiger partial charge in [0, 0.05) is 45.8 Å². The molecule has 6 aromatic carbocycles. The van der Waals surface area contributed by atoms with Crippen molar-refractivity contribution in [3.05, 3.63) is 153 Å². The zero-order valence-corrected chi connectivity index (χ0v) is 38.7. The molecule has 2 aliphatic rings. The summed E-state index contributed by atoms with van der Waals surface area (Å²) in [6, 6.07) is 20.2. The topological polar surface area (TPSA) is 413 Å². The number of nitrogens with one attached hydrogen (secondary N) is 2. The highest BCUT2D eigenvalue weighted by Crippen LogP contribution is 2.39. The normalized spacial score (nSPS) is 15.8. The molecule has 0 saturated carbocycles. The summed E-state index contributed by atoms with van der Waals surface area (Å²) in [6.45, 7) is 0. The smallest absolute Gasteiger partial charge is 0.296 e. The lowest BCUT2D eigenvalue weighted by Gasteiger charge is -2.18. The average Bonchev–Trinajstić information content (AvgIpc) is 3.30. The van der Waals surface area contributed by atoms with Crippen LogP contribution in [0.1, 0.15) is 15.9 Å². The zero-order valence-electron chi connectivity index (χ0n) is 35.4. The number of hydrazone groups is 2. The molecule has 0 saturated heterocycles. The number of aliphatic hydroxyl groups is 1. The summed E-state index contributed by atoms with van der Waals surface area (Å²) >= 11 is 0. The van der Waals surface area contributed by atoms with Gasteiger partial charge < -0.3 is 5.11 Å². The number of carbonyl (C=O) groups is 2. The van der Waals surface area contributed by atoms with Crippen LogP contribution < -0.4 is 10.9 Å². The molecule has 0 bridgehead atoms. The van der Waals surface area contributed by atoms with E-state index in [4.69, 9.17) is 0 Å². The molecule has 366 valence electrons. The highest BCUT2D eigenvalue weighted by molar-refractivity contribution is 7.91. The van der Waals surface area contributed by atoms with Gasteiger partial charge in [-0.2, -0.15) is 43.9 Å². The Kier molecular flexibility index (Phi) is 12.9. The van der Waals surface area contributed by atoms with Gasteiger partial charge in [0.05, 0.1) is 48.7 Å². The molecule has 0 unspecified atom stereocenters. The van der Waals surface area contributed by atoms with Gasteiger partial charge in [-0.05, 0) is 72.3 Å². The van der Waals surface area contributed by atoms with Gasteiger partial charge >= 0.3 is 0 Å². The number of hydrogen-bond donors (Lipinski definition) is 7. The lowest BCUT2D eigenvalue weighted by Crippen LogP contribution is -2.27. The van der Waals surface area contributed by atoms with Gasteiger partial charge in [-0.15, -0.1) is 20.5 Å². The van der Waals surface area contributed by atoms with Crippen molar-refractivity contribution in [2.24, 2.45) is 30.7 Å². The van der Waals surface area contributed by atoms with Crippen LogP contribution in [-0.4, -0.2) is 84.9 Å².